The third-order valence-corrected chi connectivity index (χ3v) is 6.24. The number of pyridine rings is 1. The van der Waals surface area contributed by atoms with Crippen molar-refractivity contribution in [3.8, 4) is 0 Å². The zero-order valence-corrected chi connectivity index (χ0v) is 19.5. The van der Waals surface area contributed by atoms with Crippen molar-refractivity contribution in [1.29, 1.82) is 0 Å². The molecule has 33 heavy (non-hydrogen) atoms. The highest BCUT2D eigenvalue weighted by Crippen LogP contribution is 2.39. The Kier molecular flexibility index (Phi) is 8.27. The van der Waals surface area contributed by atoms with E-state index in [4.69, 9.17) is 23.7 Å². The molecule has 2 fully saturated rings. The molecule has 12 heteroatoms. The molecular formula is C21H26N2O9S. The Bertz CT molecular complexity index is 884. The molecule has 0 N–H and O–H groups in total. The largest absolute Gasteiger partial charge is 0.456 e. The van der Waals surface area contributed by atoms with E-state index in [0.717, 1.165) is 0 Å². The number of aromatic nitrogens is 1. The first kappa shape index (κ1) is 24.9. The molecule has 0 radical (unpaired) electrons. The Morgan fingerprint density at radius 3 is 2.27 bits per heavy atom. The highest BCUT2D eigenvalue weighted by Gasteiger charge is 2.53. The van der Waals surface area contributed by atoms with Crippen molar-refractivity contribution < 1.29 is 42.9 Å². The lowest BCUT2D eigenvalue weighted by Crippen LogP contribution is -2.63. The van der Waals surface area contributed by atoms with E-state index in [2.05, 4.69) is 4.98 Å². The van der Waals surface area contributed by atoms with E-state index in [1.165, 1.54) is 39.6 Å². The van der Waals surface area contributed by atoms with Crippen LogP contribution in [0.25, 0.3) is 0 Å². The van der Waals surface area contributed by atoms with Crippen LogP contribution in [0.1, 0.15) is 31.8 Å². The predicted octanol–water partition coefficient (Wildman–Crippen LogP) is 0.822. The van der Waals surface area contributed by atoms with E-state index in [9.17, 15) is 19.2 Å². The van der Waals surface area contributed by atoms with Gasteiger partial charge < -0.3 is 28.6 Å². The van der Waals surface area contributed by atoms with E-state index in [1.54, 1.807) is 17.2 Å². The molecule has 1 aromatic heterocycles. The maximum Gasteiger partial charge on any atom is 0.303 e. The second-order valence-corrected chi connectivity index (χ2v) is 8.53. The van der Waals surface area contributed by atoms with Gasteiger partial charge in [0.05, 0.1) is 18.0 Å². The van der Waals surface area contributed by atoms with Crippen molar-refractivity contribution in [3.63, 3.8) is 0 Å². The molecular weight excluding hydrogens is 456 g/mol. The fourth-order valence-electron chi connectivity index (χ4n) is 3.80. The van der Waals surface area contributed by atoms with Gasteiger partial charge in [-0.3, -0.25) is 24.2 Å². The summed E-state index contributed by atoms with van der Waals surface area (Å²) in [5.41, 5.74) is 0.686. The van der Waals surface area contributed by atoms with Gasteiger partial charge in [0.2, 0.25) is 5.91 Å². The smallest absolute Gasteiger partial charge is 0.303 e. The normalized spacial score (nSPS) is 29.5. The van der Waals surface area contributed by atoms with Crippen molar-refractivity contribution >= 4 is 35.6 Å². The minimum absolute atomic E-state index is 0.00453. The summed E-state index contributed by atoms with van der Waals surface area (Å²) in [5, 5.41) is -0.375. The molecule has 0 aliphatic carbocycles. The van der Waals surface area contributed by atoms with Crippen molar-refractivity contribution in [1.82, 2.24) is 9.88 Å². The van der Waals surface area contributed by atoms with Crippen molar-refractivity contribution in [3.05, 3.63) is 30.1 Å². The van der Waals surface area contributed by atoms with Crippen LogP contribution in [-0.2, 0) is 42.9 Å². The number of esters is 3. The molecule has 1 aromatic rings. The molecule has 2 aliphatic rings. The van der Waals surface area contributed by atoms with Crippen molar-refractivity contribution in [2.45, 2.75) is 56.9 Å². The lowest BCUT2D eigenvalue weighted by Gasteiger charge is -2.45. The summed E-state index contributed by atoms with van der Waals surface area (Å²) in [6.45, 7) is 3.55. The fraction of sp³-hybridized carbons (Fsp3) is 0.571. The van der Waals surface area contributed by atoms with Crippen LogP contribution in [0.15, 0.2) is 24.4 Å². The Morgan fingerprint density at radius 2 is 1.70 bits per heavy atom. The van der Waals surface area contributed by atoms with E-state index >= 15 is 0 Å². The van der Waals surface area contributed by atoms with E-state index < -0.39 is 48.6 Å². The van der Waals surface area contributed by atoms with Crippen LogP contribution in [0.2, 0.25) is 0 Å². The number of amides is 1. The topological polar surface area (TPSA) is 131 Å². The minimum atomic E-state index is -1.21. The van der Waals surface area contributed by atoms with Crippen LogP contribution in [0.3, 0.4) is 0 Å². The predicted molar refractivity (Wildman–Crippen MR) is 113 cm³/mol. The van der Waals surface area contributed by atoms with Crippen LogP contribution in [0, 0.1) is 0 Å². The van der Waals surface area contributed by atoms with E-state index in [-0.39, 0.29) is 23.6 Å². The van der Waals surface area contributed by atoms with Crippen LogP contribution in [-0.4, -0.2) is 83.8 Å². The molecule has 0 spiro atoms. The summed E-state index contributed by atoms with van der Waals surface area (Å²) in [6.07, 6.45) is -4.00. The van der Waals surface area contributed by atoms with Gasteiger partial charge in [0, 0.05) is 34.1 Å². The molecule has 0 bridgehead atoms. The summed E-state index contributed by atoms with van der Waals surface area (Å²) in [4.78, 5) is 54.1. The summed E-state index contributed by atoms with van der Waals surface area (Å²) in [6, 6.07) is 5.41. The van der Waals surface area contributed by atoms with Gasteiger partial charge in [-0.05, 0) is 12.1 Å². The zero-order valence-electron chi connectivity index (χ0n) is 18.7. The van der Waals surface area contributed by atoms with Crippen molar-refractivity contribution in [2.24, 2.45) is 0 Å². The maximum absolute atomic E-state index is 12.7. The number of carbonyl (C=O) groups excluding carboxylic acids is 4. The average molecular weight is 483 g/mol. The first-order valence-electron chi connectivity index (χ1n) is 10.2. The summed E-state index contributed by atoms with van der Waals surface area (Å²) < 4.78 is 27.5. The molecule has 1 amide bonds. The van der Waals surface area contributed by atoms with Gasteiger partial charge in [0.1, 0.15) is 11.5 Å². The molecule has 0 saturated carbocycles. The number of nitrogens with zero attached hydrogens (tertiary/aromatic N) is 2. The van der Waals surface area contributed by atoms with Gasteiger partial charge in [-0.25, -0.2) is 0 Å². The monoisotopic (exact) mass is 482 g/mol. The Labute approximate surface area is 195 Å². The number of hydrogen-bond donors (Lipinski definition) is 0. The molecule has 0 unspecified atom stereocenters. The van der Waals surface area contributed by atoms with E-state index in [1.807, 2.05) is 12.1 Å². The number of ether oxygens (including phenoxy) is 5. The summed E-state index contributed by atoms with van der Waals surface area (Å²) in [5.74, 6) is -1.91. The Morgan fingerprint density at radius 1 is 1.06 bits per heavy atom. The quantitative estimate of drug-likeness (QED) is 0.404. The lowest BCUT2D eigenvalue weighted by molar-refractivity contribution is -0.299. The van der Waals surface area contributed by atoms with Gasteiger partial charge >= 0.3 is 17.9 Å². The van der Waals surface area contributed by atoms with Crippen LogP contribution in [0.5, 0.6) is 0 Å². The molecule has 6 atom stereocenters. The SMILES string of the molecule is CO[C@H]1O[C@H](CN2C(=O)CS[C@H]2c2ccccn2)[C@@H](OC(C)=O)[C@H](OC(C)=O)[C@H]1OC(C)=O. The van der Waals surface area contributed by atoms with Crippen LogP contribution >= 0.6 is 11.8 Å². The first-order chi connectivity index (χ1) is 15.7. The third kappa shape index (κ3) is 6.01. The number of rotatable bonds is 7. The van der Waals surface area contributed by atoms with Gasteiger partial charge in [-0.15, -0.1) is 11.8 Å². The summed E-state index contributed by atoms with van der Waals surface area (Å²) in [7, 11) is 1.34. The fourth-order valence-corrected chi connectivity index (χ4v) is 4.96. The van der Waals surface area contributed by atoms with Gasteiger partial charge in [0.25, 0.3) is 0 Å². The van der Waals surface area contributed by atoms with Gasteiger partial charge in [-0.1, -0.05) is 6.07 Å². The Hall–Kier alpha value is -2.70. The average Bonchev–Trinajstić information content (AvgIpc) is 3.11. The molecule has 2 aliphatic heterocycles. The maximum atomic E-state index is 12.7. The molecule has 11 nitrogen and oxygen atoms in total. The number of thioether (sulfide) groups is 1. The summed E-state index contributed by atoms with van der Waals surface area (Å²) >= 11 is 1.41. The second kappa shape index (κ2) is 10.9. The van der Waals surface area contributed by atoms with Crippen LogP contribution < -0.4 is 0 Å². The Balaban J connectivity index is 1.93. The van der Waals surface area contributed by atoms with Gasteiger partial charge in [-0.2, -0.15) is 0 Å². The standard InChI is InChI=1S/C21H26N2O9S/c1-11(24)29-17-15(9-23-16(27)10-33-20(23)14-7-5-6-8-22-14)32-21(28-4)19(31-13(3)26)18(17)30-12(2)25/h5-8,15,17-21H,9-10H2,1-4H3/t15-,17-,18+,19-,20+,21+/m1/s1. The molecule has 0 aromatic carbocycles. The van der Waals surface area contributed by atoms with Crippen molar-refractivity contribution in [2.75, 3.05) is 19.4 Å². The molecule has 180 valence electrons. The number of carbonyl (C=O) groups is 4. The highest BCUT2D eigenvalue weighted by atomic mass is 32.2. The molecule has 3 rings (SSSR count). The molecule has 3 heterocycles. The van der Waals surface area contributed by atoms with Crippen LogP contribution in [0.4, 0.5) is 0 Å². The van der Waals surface area contributed by atoms with Gasteiger partial charge in [0.15, 0.2) is 24.6 Å². The second-order valence-electron chi connectivity index (χ2n) is 7.46. The lowest BCUT2D eigenvalue weighted by atomic mass is 9.97. The minimum Gasteiger partial charge on any atom is -0.456 e. The number of hydrogen-bond acceptors (Lipinski definition) is 11. The third-order valence-electron chi connectivity index (χ3n) is 5.02. The van der Waals surface area contributed by atoms with E-state index in [0.29, 0.717) is 5.69 Å². The number of methoxy groups -OCH3 is 1. The zero-order chi connectivity index (χ0) is 24.1. The highest BCUT2D eigenvalue weighted by molar-refractivity contribution is 8.00. The molecule has 2 saturated heterocycles. The first-order valence-corrected chi connectivity index (χ1v) is 11.3.